The zero-order chi connectivity index (χ0) is 21.8. The van der Waals surface area contributed by atoms with Crippen LogP contribution >= 0.6 is 0 Å². The summed E-state index contributed by atoms with van der Waals surface area (Å²) in [6.07, 6.45) is 7.50. The minimum atomic E-state index is -0.140. The van der Waals surface area contributed by atoms with Crippen LogP contribution in [0.15, 0.2) is 36.4 Å². The average Bonchev–Trinajstić information content (AvgIpc) is 3.55. The van der Waals surface area contributed by atoms with Crippen LogP contribution in [0, 0.1) is 11.8 Å². The fourth-order valence-corrected chi connectivity index (χ4v) is 4.37. The Hall–Kier alpha value is -2.83. The summed E-state index contributed by atoms with van der Waals surface area (Å²) in [5.41, 5.74) is 0.880. The van der Waals surface area contributed by atoms with Gasteiger partial charge < -0.3 is 19.9 Å². The predicted molar refractivity (Wildman–Crippen MR) is 116 cm³/mol. The van der Waals surface area contributed by atoms with Crippen molar-refractivity contribution in [3.8, 4) is 5.75 Å². The third kappa shape index (κ3) is 5.66. The molecule has 1 N–H and O–H groups in total. The Morgan fingerprint density at radius 3 is 2.74 bits per heavy atom. The summed E-state index contributed by atoms with van der Waals surface area (Å²) >= 11 is 0. The predicted octanol–water partition coefficient (Wildman–Crippen LogP) is 2.12. The maximum Gasteiger partial charge on any atom is 0.242 e. The summed E-state index contributed by atoms with van der Waals surface area (Å²) < 4.78 is 5.97. The van der Waals surface area contributed by atoms with Gasteiger partial charge in [0.25, 0.3) is 0 Å². The molecule has 2 aliphatic heterocycles. The molecule has 31 heavy (non-hydrogen) atoms. The lowest BCUT2D eigenvalue weighted by Crippen LogP contribution is -2.48. The summed E-state index contributed by atoms with van der Waals surface area (Å²) in [4.78, 5) is 41.1. The van der Waals surface area contributed by atoms with Crippen molar-refractivity contribution in [2.75, 3.05) is 26.2 Å². The Morgan fingerprint density at radius 1 is 1.16 bits per heavy atom. The van der Waals surface area contributed by atoms with E-state index in [2.05, 4.69) is 11.4 Å². The zero-order valence-corrected chi connectivity index (χ0v) is 18.1. The third-order valence-electron chi connectivity index (χ3n) is 6.37. The van der Waals surface area contributed by atoms with Crippen molar-refractivity contribution >= 4 is 17.7 Å². The van der Waals surface area contributed by atoms with Crippen molar-refractivity contribution < 1.29 is 19.1 Å². The fraction of sp³-hybridized carbons (Fsp3) is 0.542. The number of para-hydroxylation sites is 1. The van der Waals surface area contributed by atoms with E-state index in [0.29, 0.717) is 44.5 Å². The number of nitrogens with zero attached hydrogens (tertiary/aromatic N) is 2. The Bertz CT molecular complexity index is 864. The van der Waals surface area contributed by atoms with Crippen LogP contribution in [-0.2, 0) is 20.9 Å². The largest absolute Gasteiger partial charge is 0.489 e. The maximum absolute atomic E-state index is 13.0. The molecule has 2 heterocycles. The van der Waals surface area contributed by atoms with E-state index in [1.807, 2.05) is 35.2 Å². The summed E-state index contributed by atoms with van der Waals surface area (Å²) in [7, 11) is 0. The van der Waals surface area contributed by atoms with E-state index in [-0.39, 0.29) is 36.1 Å². The molecule has 1 saturated carbocycles. The number of nitrogens with one attached hydrogen (secondary N) is 1. The monoisotopic (exact) mass is 425 g/mol. The molecule has 3 amide bonds. The second-order valence-corrected chi connectivity index (χ2v) is 8.82. The highest BCUT2D eigenvalue weighted by Gasteiger charge is 2.33. The lowest BCUT2D eigenvalue weighted by Gasteiger charge is -2.38. The number of fused-ring (bicyclic) bond motifs is 3. The van der Waals surface area contributed by atoms with E-state index in [9.17, 15) is 14.4 Å². The Kier molecular flexibility index (Phi) is 6.59. The van der Waals surface area contributed by atoms with Gasteiger partial charge in [-0.3, -0.25) is 14.4 Å². The number of carbonyl (C=O) groups is 3. The van der Waals surface area contributed by atoms with Crippen LogP contribution in [0.5, 0.6) is 5.75 Å². The second-order valence-electron chi connectivity index (χ2n) is 8.82. The van der Waals surface area contributed by atoms with Gasteiger partial charge in [0.15, 0.2) is 0 Å². The number of benzene rings is 1. The number of hydrogen-bond acceptors (Lipinski definition) is 4. The van der Waals surface area contributed by atoms with Crippen LogP contribution in [0.1, 0.15) is 38.2 Å². The maximum atomic E-state index is 13.0. The SMILES string of the molecule is CC(=O)N1CC(=O)N2CC[C@@H](CC(=O)NC3CC3)[C@@H](C=CCOc3ccccc3C1)C2. The summed E-state index contributed by atoms with van der Waals surface area (Å²) in [5.74, 6) is 0.921. The smallest absolute Gasteiger partial charge is 0.242 e. The lowest BCUT2D eigenvalue weighted by atomic mass is 9.82. The quantitative estimate of drug-likeness (QED) is 0.753. The number of amides is 3. The molecule has 2 atom stereocenters. The van der Waals surface area contributed by atoms with Crippen molar-refractivity contribution in [1.82, 2.24) is 15.1 Å². The van der Waals surface area contributed by atoms with Gasteiger partial charge in [-0.25, -0.2) is 0 Å². The summed E-state index contributed by atoms with van der Waals surface area (Å²) in [6.45, 7) is 3.46. The molecule has 0 unspecified atom stereocenters. The highest BCUT2D eigenvalue weighted by molar-refractivity contribution is 5.84. The highest BCUT2D eigenvalue weighted by atomic mass is 16.5. The molecule has 1 aromatic carbocycles. The van der Waals surface area contributed by atoms with Crippen LogP contribution in [-0.4, -0.2) is 59.8 Å². The van der Waals surface area contributed by atoms with Gasteiger partial charge >= 0.3 is 0 Å². The van der Waals surface area contributed by atoms with Crippen molar-refractivity contribution in [3.05, 3.63) is 42.0 Å². The molecule has 2 fully saturated rings. The summed E-state index contributed by atoms with van der Waals surface area (Å²) in [6, 6.07) is 7.97. The molecule has 0 aromatic heterocycles. The molecule has 2 bridgehead atoms. The van der Waals surface area contributed by atoms with Crippen molar-refractivity contribution in [3.63, 3.8) is 0 Å². The minimum absolute atomic E-state index is 0.0485. The average molecular weight is 426 g/mol. The number of hydrogen-bond donors (Lipinski definition) is 1. The van der Waals surface area contributed by atoms with Gasteiger partial charge in [-0.1, -0.05) is 30.4 Å². The molecule has 1 saturated heterocycles. The van der Waals surface area contributed by atoms with Crippen LogP contribution < -0.4 is 10.1 Å². The van der Waals surface area contributed by atoms with Gasteiger partial charge in [0.1, 0.15) is 18.9 Å². The zero-order valence-electron chi connectivity index (χ0n) is 18.1. The Morgan fingerprint density at radius 2 is 1.97 bits per heavy atom. The highest BCUT2D eigenvalue weighted by Crippen LogP contribution is 2.29. The van der Waals surface area contributed by atoms with Gasteiger partial charge in [0.2, 0.25) is 17.7 Å². The first-order chi connectivity index (χ1) is 15.0. The molecular weight excluding hydrogens is 394 g/mol. The van der Waals surface area contributed by atoms with Crippen molar-refractivity contribution in [2.24, 2.45) is 11.8 Å². The van der Waals surface area contributed by atoms with Gasteiger partial charge in [0, 0.05) is 44.6 Å². The molecule has 0 spiro atoms. The van der Waals surface area contributed by atoms with Crippen molar-refractivity contribution in [2.45, 2.75) is 45.2 Å². The van der Waals surface area contributed by atoms with Crippen LogP contribution in [0.4, 0.5) is 0 Å². The van der Waals surface area contributed by atoms with Crippen LogP contribution in [0.2, 0.25) is 0 Å². The van der Waals surface area contributed by atoms with E-state index in [4.69, 9.17) is 4.74 Å². The van der Waals surface area contributed by atoms with E-state index < -0.39 is 0 Å². The summed E-state index contributed by atoms with van der Waals surface area (Å²) in [5, 5.41) is 3.08. The molecule has 3 aliphatic rings. The molecule has 166 valence electrons. The second kappa shape index (κ2) is 9.54. The van der Waals surface area contributed by atoms with E-state index in [0.717, 1.165) is 24.8 Å². The van der Waals surface area contributed by atoms with Gasteiger partial charge in [-0.2, -0.15) is 0 Å². The Labute approximate surface area is 183 Å². The van der Waals surface area contributed by atoms with Gasteiger partial charge in [-0.15, -0.1) is 0 Å². The van der Waals surface area contributed by atoms with Crippen LogP contribution in [0.25, 0.3) is 0 Å². The normalized spacial score (nSPS) is 24.2. The first-order valence-corrected chi connectivity index (χ1v) is 11.2. The first kappa shape index (κ1) is 21.4. The first-order valence-electron chi connectivity index (χ1n) is 11.2. The number of ether oxygens (including phenoxy) is 1. The molecule has 1 aromatic rings. The number of rotatable bonds is 3. The van der Waals surface area contributed by atoms with Gasteiger partial charge in [0.05, 0.1) is 0 Å². The van der Waals surface area contributed by atoms with E-state index >= 15 is 0 Å². The molecule has 7 heteroatoms. The number of piperidine rings is 1. The van der Waals surface area contributed by atoms with Gasteiger partial charge in [-0.05, 0) is 37.2 Å². The topological polar surface area (TPSA) is 79.0 Å². The molecule has 4 rings (SSSR count). The van der Waals surface area contributed by atoms with Crippen LogP contribution in [0.3, 0.4) is 0 Å². The standard InChI is InChI=1S/C24H31N3O4/c1-17(28)27-15-20-5-2-3-7-22(20)31-12-4-6-19-14-26(24(30)16-27)11-10-18(19)13-23(29)25-21-8-9-21/h2-7,18-19,21H,8-16H2,1H3,(H,25,29)/t18-,19-/m0/s1. The molecule has 1 aliphatic carbocycles. The van der Waals surface area contributed by atoms with E-state index in [1.54, 1.807) is 4.90 Å². The Balaban J connectivity index is 1.53. The number of carbonyl (C=O) groups excluding carboxylic acids is 3. The van der Waals surface area contributed by atoms with E-state index in [1.165, 1.54) is 6.92 Å². The van der Waals surface area contributed by atoms with Crippen molar-refractivity contribution in [1.29, 1.82) is 0 Å². The molecule has 7 nitrogen and oxygen atoms in total. The molecular formula is C24H31N3O4. The molecule has 0 radical (unpaired) electrons. The fourth-order valence-electron chi connectivity index (χ4n) is 4.37. The third-order valence-corrected chi connectivity index (χ3v) is 6.37. The minimum Gasteiger partial charge on any atom is -0.489 e. The lowest BCUT2D eigenvalue weighted by molar-refractivity contribution is -0.141.